The molecule has 1 saturated carbocycles. The Morgan fingerprint density at radius 2 is 2.00 bits per heavy atom. The average Bonchev–Trinajstić information content (AvgIpc) is 3.09. The SMILES string of the molecule is COCCC(Cc1ccccc1)C1CC1. The first kappa shape index (κ1) is 10.7. The fraction of sp³-hybridized carbons (Fsp3) is 0.571. The minimum absolute atomic E-state index is 0.840. The third kappa shape index (κ3) is 3.35. The molecule has 2 rings (SSSR count). The van der Waals surface area contributed by atoms with Crippen LogP contribution in [0.1, 0.15) is 24.8 Å². The minimum atomic E-state index is 0.840. The van der Waals surface area contributed by atoms with Crippen molar-refractivity contribution in [1.29, 1.82) is 0 Å². The molecule has 0 saturated heterocycles. The molecule has 1 aliphatic rings. The zero-order chi connectivity index (χ0) is 10.5. The molecule has 1 aromatic rings. The minimum Gasteiger partial charge on any atom is -0.385 e. The van der Waals surface area contributed by atoms with Gasteiger partial charge in [-0.2, -0.15) is 0 Å². The lowest BCUT2D eigenvalue weighted by atomic mass is 9.92. The molecule has 0 heterocycles. The first-order valence-corrected chi connectivity index (χ1v) is 5.93. The van der Waals surface area contributed by atoms with E-state index >= 15 is 0 Å². The number of rotatable bonds is 6. The van der Waals surface area contributed by atoms with Crippen LogP contribution in [-0.4, -0.2) is 13.7 Å². The molecule has 0 N–H and O–H groups in total. The molecular formula is C14H20O. The van der Waals surface area contributed by atoms with Gasteiger partial charge in [-0.3, -0.25) is 0 Å². The van der Waals surface area contributed by atoms with Crippen LogP contribution in [0.15, 0.2) is 30.3 Å². The van der Waals surface area contributed by atoms with Gasteiger partial charge in [-0.15, -0.1) is 0 Å². The molecule has 0 radical (unpaired) electrons. The van der Waals surface area contributed by atoms with E-state index in [0.29, 0.717) is 0 Å². The van der Waals surface area contributed by atoms with Crippen molar-refractivity contribution in [2.24, 2.45) is 11.8 Å². The van der Waals surface area contributed by atoms with Gasteiger partial charge in [0.25, 0.3) is 0 Å². The van der Waals surface area contributed by atoms with Gasteiger partial charge in [-0.25, -0.2) is 0 Å². The van der Waals surface area contributed by atoms with E-state index in [2.05, 4.69) is 30.3 Å². The summed E-state index contributed by atoms with van der Waals surface area (Å²) in [7, 11) is 1.80. The van der Waals surface area contributed by atoms with Crippen molar-refractivity contribution in [2.45, 2.75) is 25.7 Å². The maximum atomic E-state index is 5.19. The van der Waals surface area contributed by atoms with E-state index in [1.807, 2.05) is 0 Å². The summed E-state index contributed by atoms with van der Waals surface area (Å²) in [4.78, 5) is 0. The summed E-state index contributed by atoms with van der Waals surface area (Å²) >= 11 is 0. The van der Waals surface area contributed by atoms with E-state index in [1.165, 1.54) is 31.2 Å². The Labute approximate surface area is 92.5 Å². The van der Waals surface area contributed by atoms with Crippen LogP contribution in [0.2, 0.25) is 0 Å². The van der Waals surface area contributed by atoms with E-state index in [0.717, 1.165) is 18.4 Å². The van der Waals surface area contributed by atoms with Gasteiger partial charge in [-0.05, 0) is 43.1 Å². The third-order valence-electron chi connectivity index (χ3n) is 3.32. The topological polar surface area (TPSA) is 9.23 Å². The van der Waals surface area contributed by atoms with E-state index in [-0.39, 0.29) is 0 Å². The predicted molar refractivity (Wildman–Crippen MR) is 62.9 cm³/mol. The quantitative estimate of drug-likeness (QED) is 0.691. The molecule has 1 heteroatoms. The largest absolute Gasteiger partial charge is 0.385 e. The smallest absolute Gasteiger partial charge is 0.0465 e. The van der Waals surface area contributed by atoms with Crippen molar-refractivity contribution in [3.8, 4) is 0 Å². The Balaban J connectivity index is 1.88. The Morgan fingerprint density at radius 1 is 1.27 bits per heavy atom. The number of hydrogen-bond donors (Lipinski definition) is 0. The zero-order valence-corrected chi connectivity index (χ0v) is 9.49. The summed E-state index contributed by atoms with van der Waals surface area (Å²) in [5, 5.41) is 0. The molecule has 1 unspecified atom stereocenters. The molecule has 0 amide bonds. The standard InChI is InChI=1S/C14H20O/c1-15-10-9-14(13-7-8-13)11-12-5-3-2-4-6-12/h2-6,13-14H,7-11H2,1H3. The maximum Gasteiger partial charge on any atom is 0.0465 e. The van der Waals surface area contributed by atoms with Crippen LogP contribution in [0, 0.1) is 11.8 Å². The molecule has 15 heavy (non-hydrogen) atoms. The lowest BCUT2D eigenvalue weighted by molar-refractivity contribution is 0.172. The Bertz CT molecular complexity index is 277. The third-order valence-corrected chi connectivity index (χ3v) is 3.32. The maximum absolute atomic E-state index is 5.19. The summed E-state index contributed by atoms with van der Waals surface area (Å²) < 4.78 is 5.19. The van der Waals surface area contributed by atoms with Gasteiger partial charge in [0.2, 0.25) is 0 Å². The Hall–Kier alpha value is -0.820. The molecule has 0 aromatic heterocycles. The summed E-state index contributed by atoms with van der Waals surface area (Å²) in [6.45, 7) is 0.911. The highest BCUT2D eigenvalue weighted by Crippen LogP contribution is 2.40. The molecule has 82 valence electrons. The molecule has 1 fully saturated rings. The molecule has 0 aliphatic heterocycles. The van der Waals surface area contributed by atoms with Gasteiger partial charge in [0.05, 0.1) is 0 Å². The van der Waals surface area contributed by atoms with Crippen LogP contribution in [0.4, 0.5) is 0 Å². The second kappa shape index (κ2) is 5.32. The molecule has 1 nitrogen and oxygen atoms in total. The first-order valence-electron chi connectivity index (χ1n) is 5.93. The summed E-state index contributed by atoms with van der Waals surface area (Å²) in [6.07, 6.45) is 5.31. The number of ether oxygens (including phenoxy) is 1. The van der Waals surface area contributed by atoms with Crippen LogP contribution in [0.3, 0.4) is 0 Å². The van der Waals surface area contributed by atoms with Crippen molar-refractivity contribution in [2.75, 3.05) is 13.7 Å². The van der Waals surface area contributed by atoms with E-state index < -0.39 is 0 Å². The molecule has 1 aliphatic carbocycles. The summed E-state index contributed by atoms with van der Waals surface area (Å²) in [5.74, 6) is 1.81. The lowest BCUT2D eigenvalue weighted by Crippen LogP contribution is -2.10. The molecule has 0 spiro atoms. The lowest BCUT2D eigenvalue weighted by Gasteiger charge is -2.15. The van der Waals surface area contributed by atoms with Crippen molar-refractivity contribution in [3.63, 3.8) is 0 Å². The van der Waals surface area contributed by atoms with Crippen LogP contribution >= 0.6 is 0 Å². The van der Waals surface area contributed by atoms with Crippen molar-refractivity contribution in [3.05, 3.63) is 35.9 Å². The van der Waals surface area contributed by atoms with Gasteiger partial charge in [0.15, 0.2) is 0 Å². The fourth-order valence-corrected chi connectivity index (χ4v) is 2.26. The summed E-state index contributed by atoms with van der Waals surface area (Å²) in [5.41, 5.74) is 1.48. The van der Waals surface area contributed by atoms with Crippen LogP contribution in [0.25, 0.3) is 0 Å². The number of hydrogen-bond acceptors (Lipinski definition) is 1. The Morgan fingerprint density at radius 3 is 2.60 bits per heavy atom. The molecule has 1 atom stereocenters. The monoisotopic (exact) mass is 204 g/mol. The first-order chi connectivity index (χ1) is 7.40. The van der Waals surface area contributed by atoms with Crippen molar-refractivity contribution < 1.29 is 4.74 Å². The second-order valence-electron chi connectivity index (χ2n) is 4.57. The van der Waals surface area contributed by atoms with Crippen LogP contribution < -0.4 is 0 Å². The highest BCUT2D eigenvalue weighted by molar-refractivity contribution is 5.15. The van der Waals surface area contributed by atoms with E-state index in [9.17, 15) is 0 Å². The van der Waals surface area contributed by atoms with E-state index in [4.69, 9.17) is 4.74 Å². The zero-order valence-electron chi connectivity index (χ0n) is 9.49. The highest BCUT2D eigenvalue weighted by atomic mass is 16.5. The average molecular weight is 204 g/mol. The fourth-order valence-electron chi connectivity index (χ4n) is 2.26. The van der Waals surface area contributed by atoms with Crippen LogP contribution in [0.5, 0.6) is 0 Å². The van der Waals surface area contributed by atoms with E-state index in [1.54, 1.807) is 7.11 Å². The van der Waals surface area contributed by atoms with Gasteiger partial charge in [0, 0.05) is 13.7 Å². The van der Waals surface area contributed by atoms with Crippen molar-refractivity contribution >= 4 is 0 Å². The van der Waals surface area contributed by atoms with Gasteiger partial charge < -0.3 is 4.74 Å². The summed E-state index contributed by atoms with van der Waals surface area (Å²) in [6, 6.07) is 10.8. The normalized spacial score (nSPS) is 17.7. The Kier molecular flexibility index (Phi) is 3.79. The molecule has 1 aromatic carbocycles. The molecule has 0 bridgehead atoms. The van der Waals surface area contributed by atoms with Gasteiger partial charge in [0.1, 0.15) is 0 Å². The number of benzene rings is 1. The number of methoxy groups -OCH3 is 1. The second-order valence-corrected chi connectivity index (χ2v) is 4.57. The van der Waals surface area contributed by atoms with Gasteiger partial charge in [-0.1, -0.05) is 30.3 Å². The van der Waals surface area contributed by atoms with Gasteiger partial charge >= 0.3 is 0 Å². The molecular weight excluding hydrogens is 184 g/mol. The predicted octanol–water partition coefficient (Wildman–Crippen LogP) is 3.29. The van der Waals surface area contributed by atoms with Crippen molar-refractivity contribution in [1.82, 2.24) is 0 Å². The highest BCUT2D eigenvalue weighted by Gasteiger charge is 2.30. The van der Waals surface area contributed by atoms with Crippen LogP contribution in [-0.2, 0) is 11.2 Å².